The van der Waals surface area contributed by atoms with Crippen molar-refractivity contribution >= 4 is 22.9 Å². The largest absolute Gasteiger partial charge is 0.409 e. The molecule has 1 aliphatic heterocycles. The highest BCUT2D eigenvalue weighted by molar-refractivity contribution is 7.10. The predicted molar refractivity (Wildman–Crippen MR) is 82.8 cm³/mol. The summed E-state index contributed by atoms with van der Waals surface area (Å²) in [7, 11) is 0. The molecule has 1 aromatic heterocycles. The zero-order valence-corrected chi connectivity index (χ0v) is 12.2. The van der Waals surface area contributed by atoms with E-state index in [1.54, 1.807) is 0 Å². The fraction of sp³-hybridized carbons (Fsp3) is 0.267. The maximum absolute atomic E-state index is 8.97. The quantitative estimate of drug-likeness (QED) is 0.386. The lowest BCUT2D eigenvalue weighted by Gasteiger charge is -2.31. The molecule has 3 N–H and O–H groups in total. The van der Waals surface area contributed by atoms with Gasteiger partial charge in [-0.1, -0.05) is 17.3 Å². The van der Waals surface area contributed by atoms with E-state index in [9.17, 15) is 0 Å². The number of thiophene rings is 1. The Morgan fingerprint density at radius 1 is 1.40 bits per heavy atom. The summed E-state index contributed by atoms with van der Waals surface area (Å²) >= 11 is 1.83. The molecule has 4 nitrogen and oxygen atoms in total. The summed E-state index contributed by atoms with van der Waals surface area (Å²) in [6.45, 7) is 3.91. The molecule has 1 aromatic carbocycles. The van der Waals surface area contributed by atoms with Gasteiger partial charge in [0.05, 0.1) is 5.69 Å². The Morgan fingerprint density at radius 3 is 3.05 bits per heavy atom. The average molecular weight is 287 g/mol. The van der Waals surface area contributed by atoms with Crippen molar-refractivity contribution in [3.8, 4) is 0 Å². The van der Waals surface area contributed by atoms with Gasteiger partial charge in [0, 0.05) is 23.5 Å². The number of fused-ring (bicyclic) bond motifs is 1. The molecule has 0 unspecified atom stereocenters. The lowest BCUT2D eigenvalue weighted by atomic mass is 10.0. The summed E-state index contributed by atoms with van der Waals surface area (Å²) in [5.41, 5.74) is 10.2. The van der Waals surface area contributed by atoms with Crippen molar-refractivity contribution in [2.24, 2.45) is 10.9 Å². The topological polar surface area (TPSA) is 61.9 Å². The zero-order chi connectivity index (χ0) is 14.1. The summed E-state index contributed by atoms with van der Waals surface area (Å²) in [5, 5.41) is 14.3. The number of amidine groups is 1. The third-order valence-corrected chi connectivity index (χ3v) is 4.77. The molecule has 3 rings (SSSR count). The van der Waals surface area contributed by atoms with Crippen LogP contribution in [0.3, 0.4) is 0 Å². The van der Waals surface area contributed by atoms with E-state index in [1.165, 1.54) is 10.4 Å². The highest BCUT2D eigenvalue weighted by atomic mass is 32.1. The second-order valence-electron chi connectivity index (χ2n) is 5.00. The summed E-state index contributed by atoms with van der Waals surface area (Å²) in [6, 6.07) is 8.09. The Labute approximate surface area is 122 Å². The van der Waals surface area contributed by atoms with Crippen LogP contribution in [0.5, 0.6) is 0 Å². The molecule has 0 radical (unpaired) electrons. The van der Waals surface area contributed by atoms with Crippen molar-refractivity contribution < 1.29 is 5.21 Å². The minimum absolute atomic E-state index is 0.166. The monoisotopic (exact) mass is 287 g/mol. The van der Waals surface area contributed by atoms with Gasteiger partial charge in [0.25, 0.3) is 0 Å². The molecule has 5 heteroatoms. The van der Waals surface area contributed by atoms with Crippen LogP contribution in [-0.2, 0) is 13.0 Å². The minimum atomic E-state index is 0.166. The molecule has 0 spiro atoms. The molecule has 0 bridgehead atoms. The van der Waals surface area contributed by atoms with Crippen LogP contribution >= 0.6 is 11.3 Å². The fourth-order valence-corrected chi connectivity index (χ4v) is 3.67. The van der Waals surface area contributed by atoms with Crippen molar-refractivity contribution in [3.05, 3.63) is 51.2 Å². The SMILES string of the molecule is Cc1cccc(/C(N)=N/O)c1N1CCc2sccc2C1. The van der Waals surface area contributed by atoms with Gasteiger partial charge in [0.15, 0.2) is 5.84 Å². The van der Waals surface area contributed by atoms with Crippen LogP contribution in [0.4, 0.5) is 5.69 Å². The van der Waals surface area contributed by atoms with Crippen LogP contribution in [0.1, 0.15) is 21.6 Å². The highest BCUT2D eigenvalue weighted by Crippen LogP contribution is 2.32. The zero-order valence-electron chi connectivity index (χ0n) is 11.3. The molecule has 0 amide bonds. The van der Waals surface area contributed by atoms with Crippen LogP contribution in [0.2, 0.25) is 0 Å². The van der Waals surface area contributed by atoms with E-state index in [2.05, 4.69) is 34.5 Å². The molecular formula is C15H17N3OS. The van der Waals surface area contributed by atoms with E-state index >= 15 is 0 Å². The van der Waals surface area contributed by atoms with Gasteiger partial charge in [-0.3, -0.25) is 0 Å². The number of rotatable bonds is 2. The van der Waals surface area contributed by atoms with E-state index in [1.807, 2.05) is 23.5 Å². The van der Waals surface area contributed by atoms with Crippen LogP contribution < -0.4 is 10.6 Å². The smallest absolute Gasteiger partial charge is 0.172 e. The maximum atomic E-state index is 8.97. The van der Waals surface area contributed by atoms with Gasteiger partial charge in [-0.25, -0.2) is 0 Å². The van der Waals surface area contributed by atoms with Crippen LogP contribution in [0, 0.1) is 6.92 Å². The second kappa shape index (κ2) is 5.17. The molecular weight excluding hydrogens is 270 g/mol. The van der Waals surface area contributed by atoms with Crippen molar-refractivity contribution in [3.63, 3.8) is 0 Å². The van der Waals surface area contributed by atoms with E-state index in [-0.39, 0.29) is 5.84 Å². The van der Waals surface area contributed by atoms with Crippen molar-refractivity contribution in [2.45, 2.75) is 19.9 Å². The molecule has 1 aliphatic rings. The average Bonchev–Trinajstić information content (AvgIpc) is 2.93. The number of oxime groups is 1. The van der Waals surface area contributed by atoms with Crippen molar-refractivity contribution in [1.82, 2.24) is 0 Å². The number of benzene rings is 1. The lowest BCUT2D eigenvalue weighted by molar-refractivity contribution is 0.318. The predicted octanol–water partition coefficient (Wildman–Crippen LogP) is 2.71. The van der Waals surface area contributed by atoms with Gasteiger partial charge in [0.1, 0.15) is 0 Å². The van der Waals surface area contributed by atoms with Gasteiger partial charge in [-0.15, -0.1) is 11.3 Å². The number of hydrogen-bond donors (Lipinski definition) is 2. The molecule has 104 valence electrons. The summed E-state index contributed by atoms with van der Waals surface area (Å²) in [4.78, 5) is 3.79. The van der Waals surface area contributed by atoms with Crippen LogP contribution in [0.15, 0.2) is 34.8 Å². The number of anilines is 1. The van der Waals surface area contributed by atoms with E-state index in [4.69, 9.17) is 10.9 Å². The van der Waals surface area contributed by atoms with E-state index in [0.29, 0.717) is 0 Å². The normalized spacial score (nSPS) is 15.2. The first-order valence-electron chi connectivity index (χ1n) is 6.58. The standard InChI is InChI=1S/C15H17N3OS/c1-10-3-2-4-12(15(16)17-19)14(10)18-7-5-13-11(9-18)6-8-20-13/h2-4,6,8,19H,5,7,9H2,1H3,(H2,16,17). The number of para-hydroxylation sites is 1. The van der Waals surface area contributed by atoms with Crippen molar-refractivity contribution in [1.29, 1.82) is 0 Å². The van der Waals surface area contributed by atoms with Gasteiger partial charge in [-0.2, -0.15) is 0 Å². The summed E-state index contributed by atoms with van der Waals surface area (Å²) in [6.07, 6.45) is 1.05. The Balaban J connectivity index is 2.03. The number of nitrogens with two attached hydrogens (primary N) is 1. The van der Waals surface area contributed by atoms with Crippen molar-refractivity contribution in [2.75, 3.05) is 11.4 Å². The Bertz CT molecular complexity index is 663. The third kappa shape index (κ3) is 2.14. The molecule has 0 saturated heterocycles. The van der Waals surface area contributed by atoms with Crippen LogP contribution in [-0.4, -0.2) is 17.6 Å². The third-order valence-electron chi connectivity index (χ3n) is 3.75. The summed E-state index contributed by atoms with van der Waals surface area (Å²) < 4.78 is 0. The van der Waals surface area contributed by atoms with Crippen LogP contribution in [0.25, 0.3) is 0 Å². The highest BCUT2D eigenvalue weighted by Gasteiger charge is 2.22. The first-order chi connectivity index (χ1) is 9.70. The maximum Gasteiger partial charge on any atom is 0.172 e. The van der Waals surface area contributed by atoms with E-state index < -0.39 is 0 Å². The lowest BCUT2D eigenvalue weighted by Crippen LogP contribution is -2.32. The molecule has 2 aromatic rings. The Kier molecular flexibility index (Phi) is 3.36. The summed E-state index contributed by atoms with van der Waals surface area (Å²) in [5.74, 6) is 0.166. The molecule has 0 saturated carbocycles. The molecule has 20 heavy (non-hydrogen) atoms. The van der Waals surface area contributed by atoms with E-state index in [0.717, 1.165) is 36.3 Å². The van der Waals surface area contributed by atoms with Gasteiger partial charge in [0.2, 0.25) is 0 Å². The molecule has 0 fully saturated rings. The Hall–Kier alpha value is -2.01. The minimum Gasteiger partial charge on any atom is -0.409 e. The first-order valence-corrected chi connectivity index (χ1v) is 7.46. The fourth-order valence-electron chi connectivity index (χ4n) is 2.78. The van der Waals surface area contributed by atoms with Gasteiger partial charge < -0.3 is 15.8 Å². The van der Waals surface area contributed by atoms with Gasteiger partial charge in [-0.05, 0) is 42.0 Å². The molecule has 2 heterocycles. The number of aryl methyl sites for hydroxylation is 1. The second-order valence-corrected chi connectivity index (χ2v) is 6.00. The number of hydrogen-bond acceptors (Lipinski definition) is 4. The number of nitrogens with zero attached hydrogens (tertiary/aromatic N) is 2. The molecule has 0 aliphatic carbocycles. The molecule has 0 atom stereocenters. The first kappa shape index (κ1) is 13.0. The van der Waals surface area contributed by atoms with Gasteiger partial charge >= 0.3 is 0 Å². The Morgan fingerprint density at radius 2 is 2.25 bits per heavy atom.